The van der Waals surface area contributed by atoms with Gasteiger partial charge in [-0.1, -0.05) is 0 Å². The quantitative estimate of drug-likeness (QED) is 0.619. The van der Waals surface area contributed by atoms with E-state index in [0.29, 0.717) is 17.8 Å². The Bertz CT molecular complexity index is 612. The van der Waals surface area contributed by atoms with Gasteiger partial charge in [-0.3, -0.25) is 14.9 Å². The van der Waals surface area contributed by atoms with Crippen LogP contribution in [0, 0.1) is 23.2 Å². The molecule has 0 aromatic rings. The van der Waals surface area contributed by atoms with Crippen molar-refractivity contribution in [3.8, 4) is 0 Å². The van der Waals surface area contributed by atoms with Crippen molar-refractivity contribution in [3.63, 3.8) is 0 Å². The van der Waals surface area contributed by atoms with Crippen molar-refractivity contribution in [1.29, 1.82) is 0 Å². The number of carbonyl (C=O) groups excluding carboxylic acids is 4. The normalized spacial score (nSPS) is 32.9. The van der Waals surface area contributed by atoms with Gasteiger partial charge >= 0.3 is 12.0 Å². The first-order chi connectivity index (χ1) is 12.7. The van der Waals surface area contributed by atoms with E-state index in [1.54, 1.807) is 6.92 Å². The minimum Gasteiger partial charge on any atom is -0.451 e. The van der Waals surface area contributed by atoms with E-state index in [1.807, 2.05) is 5.32 Å². The molecule has 4 bridgehead atoms. The van der Waals surface area contributed by atoms with Crippen LogP contribution in [0.2, 0.25) is 0 Å². The first-order valence-corrected chi connectivity index (χ1v) is 9.76. The van der Waals surface area contributed by atoms with Crippen LogP contribution in [-0.2, 0) is 19.1 Å². The third kappa shape index (κ3) is 4.09. The van der Waals surface area contributed by atoms with E-state index < -0.39 is 30.1 Å². The Balaban J connectivity index is 1.53. The van der Waals surface area contributed by atoms with Gasteiger partial charge in [0.1, 0.15) is 6.04 Å². The summed E-state index contributed by atoms with van der Waals surface area (Å²) in [5.74, 6) is 0.441. The van der Waals surface area contributed by atoms with E-state index in [-0.39, 0.29) is 11.3 Å². The summed E-state index contributed by atoms with van der Waals surface area (Å²) in [5.41, 5.74) is -0.342. The van der Waals surface area contributed by atoms with Crippen LogP contribution in [0.3, 0.4) is 0 Å². The molecule has 0 saturated heterocycles. The Morgan fingerprint density at radius 2 is 1.48 bits per heavy atom. The highest BCUT2D eigenvalue weighted by Gasteiger charge is 2.54. The lowest BCUT2D eigenvalue weighted by Crippen LogP contribution is -2.56. The van der Waals surface area contributed by atoms with Gasteiger partial charge in [0, 0.05) is 12.5 Å². The molecule has 8 nitrogen and oxygen atoms in total. The second-order valence-corrected chi connectivity index (χ2v) is 8.54. The molecule has 4 amide bonds. The largest absolute Gasteiger partial charge is 0.451 e. The molecule has 8 heteroatoms. The van der Waals surface area contributed by atoms with Gasteiger partial charge in [-0.25, -0.2) is 9.59 Å². The van der Waals surface area contributed by atoms with Gasteiger partial charge in [-0.2, -0.15) is 0 Å². The minimum atomic E-state index is -1.13. The maximum atomic E-state index is 13.0. The van der Waals surface area contributed by atoms with E-state index in [4.69, 9.17) is 4.74 Å². The summed E-state index contributed by atoms with van der Waals surface area (Å²) in [5, 5.41) is 7.11. The van der Waals surface area contributed by atoms with Crippen LogP contribution in [0.4, 0.5) is 4.79 Å². The smallest absolute Gasteiger partial charge is 0.329 e. The molecule has 0 aromatic carbocycles. The number of hydrogen-bond acceptors (Lipinski definition) is 5. The molecule has 0 aliphatic heterocycles. The fourth-order valence-corrected chi connectivity index (χ4v) is 5.40. The molecule has 4 fully saturated rings. The summed E-state index contributed by atoms with van der Waals surface area (Å²) in [6.45, 7) is 2.94. The van der Waals surface area contributed by atoms with Crippen molar-refractivity contribution < 1.29 is 23.9 Å². The number of nitrogens with one attached hydrogen (secondary N) is 3. The molecule has 2 atom stereocenters. The summed E-state index contributed by atoms with van der Waals surface area (Å²) in [6, 6.07) is -1.52. The Morgan fingerprint density at radius 1 is 0.963 bits per heavy atom. The zero-order valence-corrected chi connectivity index (χ0v) is 16.2. The number of hydrogen-bond donors (Lipinski definition) is 3. The standard InChI is InChI=1S/C19H29N3O5/c1-10(16(24)27-11(2)15(23)22-18(26)20-3)21-17(25)19-7-12-4-13(8-19)6-14(5-12)9-19/h10-14H,4-9H2,1-3H3,(H,21,25)(H2,20,22,23,26)/t10-,11-,12?,13?,14?,19?/m0/s1. The second-order valence-electron chi connectivity index (χ2n) is 8.54. The minimum absolute atomic E-state index is 0.0616. The monoisotopic (exact) mass is 379 g/mol. The van der Waals surface area contributed by atoms with Gasteiger partial charge in [-0.15, -0.1) is 0 Å². The number of esters is 1. The molecule has 27 heavy (non-hydrogen) atoms. The molecule has 0 unspecified atom stereocenters. The molecule has 4 aliphatic rings. The van der Waals surface area contributed by atoms with E-state index in [9.17, 15) is 19.2 Å². The lowest BCUT2D eigenvalue weighted by Gasteiger charge is -2.55. The van der Waals surface area contributed by atoms with Crippen molar-refractivity contribution in [1.82, 2.24) is 16.0 Å². The van der Waals surface area contributed by atoms with Crippen LogP contribution >= 0.6 is 0 Å². The molecule has 0 aromatic heterocycles. The van der Waals surface area contributed by atoms with E-state index in [0.717, 1.165) is 19.3 Å². The lowest BCUT2D eigenvalue weighted by molar-refractivity contribution is -0.159. The zero-order chi connectivity index (χ0) is 19.8. The predicted octanol–water partition coefficient (Wildman–Crippen LogP) is 1.09. The molecule has 150 valence electrons. The maximum Gasteiger partial charge on any atom is 0.329 e. The van der Waals surface area contributed by atoms with Gasteiger partial charge in [-0.05, 0) is 70.1 Å². The third-order valence-electron chi connectivity index (χ3n) is 6.35. The molecular formula is C19H29N3O5. The van der Waals surface area contributed by atoms with Gasteiger partial charge in [0.15, 0.2) is 6.10 Å². The van der Waals surface area contributed by atoms with Crippen LogP contribution in [0.5, 0.6) is 0 Å². The highest BCUT2D eigenvalue weighted by atomic mass is 16.5. The van der Waals surface area contributed by atoms with E-state index >= 15 is 0 Å². The number of imide groups is 1. The number of ether oxygens (including phenoxy) is 1. The SMILES string of the molecule is CNC(=O)NC(=O)[C@H](C)OC(=O)[C@H](C)NC(=O)C12CC3CC(CC(C3)C1)C2. The van der Waals surface area contributed by atoms with Crippen molar-refractivity contribution in [2.24, 2.45) is 23.2 Å². The van der Waals surface area contributed by atoms with Crippen LogP contribution in [-0.4, -0.2) is 43.0 Å². The van der Waals surface area contributed by atoms with Gasteiger partial charge in [0.2, 0.25) is 5.91 Å². The average molecular weight is 379 g/mol. The maximum absolute atomic E-state index is 13.0. The molecule has 4 rings (SSSR count). The Labute approximate surface area is 159 Å². The number of amides is 4. The number of rotatable bonds is 5. The van der Waals surface area contributed by atoms with E-state index in [2.05, 4.69) is 10.6 Å². The average Bonchev–Trinajstić information content (AvgIpc) is 2.60. The summed E-state index contributed by atoms with van der Waals surface area (Å²) in [7, 11) is 1.38. The van der Waals surface area contributed by atoms with Crippen molar-refractivity contribution in [2.45, 2.75) is 64.5 Å². The summed E-state index contributed by atoms with van der Waals surface area (Å²) >= 11 is 0. The lowest BCUT2D eigenvalue weighted by atomic mass is 9.49. The number of urea groups is 1. The Kier molecular flexibility index (Phi) is 5.44. The van der Waals surface area contributed by atoms with Crippen LogP contribution in [0.25, 0.3) is 0 Å². The Morgan fingerprint density at radius 3 is 1.96 bits per heavy atom. The molecule has 4 aliphatic carbocycles. The highest BCUT2D eigenvalue weighted by molar-refractivity contribution is 5.97. The zero-order valence-electron chi connectivity index (χ0n) is 16.2. The molecular weight excluding hydrogens is 350 g/mol. The molecule has 0 spiro atoms. The fourth-order valence-electron chi connectivity index (χ4n) is 5.40. The number of carbonyl (C=O) groups is 4. The Hall–Kier alpha value is -2.12. The van der Waals surface area contributed by atoms with Gasteiger partial charge < -0.3 is 15.4 Å². The highest BCUT2D eigenvalue weighted by Crippen LogP contribution is 2.60. The first-order valence-electron chi connectivity index (χ1n) is 9.76. The van der Waals surface area contributed by atoms with Crippen LogP contribution in [0.15, 0.2) is 0 Å². The van der Waals surface area contributed by atoms with Crippen LogP contribution in [0.1, 0.15) is 52.4 Å². The first kappa shape index (κ1) is 19.6. The summed E-state index contributed by atoms with van der Waals surface area (Å²) in [6.07, 6.45) is 5.33. The summed E-state index contributed by atoms with van der Waals surface area (Å²) < 4.78 is 5.09. The fraction of sp³-hybridized carbons (Fsp3) is 0.789. The molecule has 0 radical (unpaired) electrons. The third-order valence-corrected chi connectivity index (χ3v) is 6.35. The molecule has 3 N–H and O–H groups in total. The van der Waals surface area contributed by atoms with Crippen molar-refractivity contribution in [2.75, 3.05) is 7.05 Å². The van der Waals surface area contributed by atoms with Gasteiger partial charge in [0.25, 0.3) is 5.91 Å². The summed E-state index contributed by atoms with van der Waals surface area (Å²) in [4.78, 5) is 48.2. The predicted molar refractivity (Wildman–Crippen MR) is 96.4 cm³/mol. The topological polar surface area (TPSA) is 114 Å². The van der Waals surface area contributed by atoms with Crippen LogP contribution < -0.4 is 16.0 Å². The van der Waals surface area contributed by atoms with Crippen molar-refractivity contribution >= 4 is 23.8 Å². The van der Waals surface area contributed by atoms with Crippen molar-refractivity contribution in [3.05, 3.63) is 0 Å². The molecule has 0 heterocycles. The molecule has 4 saturated carbocycles. The second kappa shape index (κ2) is 7.48. The van der Waals surface area contributed by atoms with E-state index in [1.165, 1.54) is 33.2 Å². The van der Waals surface area contributed by atoms with Gasteiger partial charge in [0.05, 0.1) is 0 Å².